The Hall–Kier alpha value is -2.31. The minimum atomic E-state index is -3.77. The van der Waals surface area contributed by atoms with Crippen LogP contribution in [0.1, 0.15) is 84.5 Å². The van der Waals surface area contributed by atoms with Crippen molar-refractivity contribution in [2.45, 2.75) is 96.2 Å². The number of Topliss-reactive ketones (excluding diaryl/α,β-unsaturated/α-hetero) is 1. The van der Waals surface area contributed by atoms with Crippen molar-refractivity contribution >= 4 is 33.5 Å². The molecule has 3 saturated carbocycles. The fraction of sp³-hybridized carbons (Fsp3) is 0.800. The van der Waals surface area contributed by atoms with Crippen LogP contribution in [0.4, 0.5) is 4.79 Å². The monoisotopic (exact) mass is 612 g/mol. The Kier molecular flexibility index (Phi) is 9.59. The maximum absolute atomic E-state index is 13.7. The molecule has 3 fully saturated rings. The van der Waals surface area contributed by atoms with Crippen LogP contribution in [0.2, 0.25) is 0 Å². The van der Waals surface area contributed by atoms with E-state index in [4.69, 9.17) is 14.6 Å². The van der Waals surface area contributed by atoms with Crippen molar-refractivity contribution in [1.82, 2.24) is 0 Å². The van der Waals surface area contributed by atoms with Crippen molar-refractivity contribution in [3.8, 4) is 0 Å². The van der Waals surface area contributed by atoms with Crippen LogP contribution in [0.5, 0.6) is 0 Å². The lowest BCUT2D eigenvalue weighted by atomic mass is 9.45. The van der Waals surface area contributed by atoms with Crippen LogP contribution in [0.25, 0.3) is 0 Å². The van der Waals surface area contributed by atoms with Gasteiger partial charge in [-0.2, -0.15) is 0 Å². The number of hydrogen-bond donors (Lipinski definition) is 3. The third-order valence-corrected chi connectivity index (χ3v) is 12.4. The van der Waals surface area contributed by atoms with E-state index in [9.17, 15) is 37.8 Å². The number of allylic oxidation sites excluding steroid dienone is 1. The zero-order valence-corrected chi connectivity index (χ0v) is 25.3. The summed E-state index contributed by atoms with van der Waals surface area (Å²) in [7, 11) is -3.77. The maximum Gasteiger partial charge on any atom is 0.506 e. The number of unbranched alkanes of at least 4 members (excludes halogenated alkanes) is 3. The molecule has 0 aromatic rings. The predicted molar refractivity (Wildman–Crippen MR) is 150 cm³/mol. The highest BCUT2D eigenvalue weighted by molar-refractivity contribution is 7.92. The first-order chi connectivity index (χ1) is 19.7. The van der Waals surface area contributed by atoms with Gasteiger partial charge in [-0.3, -0.25) is 14.4 Å². The number of carbonyl (C=O) groups is 4. The summed E-state index contributed by atoms with van der Waals surface area (Å²) < 4.78 is 35.2. The van der Waals surface area contributed by atoms with Gasteiger partial charge in [0.25, 0.3) is 0 Å². The predicted octanol–water partition coefficient (Wildman–Crippen LogP) is 3.00. The second-order valence-corrected chi connectivity index (χ2v) is 15.3. The van der Waals surface area contributed by atoms with Crippen LogP contribution < -0.4 is 0 Å². The van der Waals surface area contributed by atoms with E-state index in [1.165, 1.54) is 0 Å². The molecule has 0 bridgehead atoms. The number of aliphatic hydroxyl groups is 2. The molecular formula is C30H44O11S. The fourth-order valence-electron chi connectivity index (χ4n) is 8.85. The fourth-order valence-corrected chi connectivity index (χ4v) is 10.1. The highest BCUT2D eigenvalue weighted by atomic mass is 32.2. The number of carbonyl (C=O) groups excluding carboxylic acids is 3. The van der Waals surface area contributed by atoms with Crippen LogP contribution in [0.3, 0.4) is 0 Å². The number of hydrogen-bond acceptors (Lipinski definition) is 10. The summed E-state index contributed by atoms with van der Waals surface area (Å²) in [6, 6.07) is 0. The van der Waals surface area contributed by atoms with E-state index < -0.39 is 57.2 Å². The number of aliphatic hydroxyl groups excluding tert-OH is 2. The lowest BCUT2D eigenvalue weighted by Gasteiger charge is -2.60. The van der Waals surface area contributed by atoms with E-state index in [0.717, 1.165) is 5.57 Å². The molecule has 0 saturated heterocycles. The van der Waals surface area contributed by atoms with Gasteiger partial charge in [0.15, 0.2) is 27.8 Å². The van der Waals surface area contributed by atoms with Gasteiger partial charge in [0.2, 0.25) is 5.78 Å². The van der Waals surface area contributed by atoms with Crippen molar-refractivity contribution in [3.05, 3.63) is 11.6 Å². The van der Waals surface area contributed by atoms with Gasteiger partial charge in [0.1, 0.15) is 5.75 Å². The van der Waals surface area contributed by atoms with Gasteiger partial charge < -0.3 is 24.8 Å². The van der Waals surface area contributed by atoms with Crippen LogP contribution in [0, 0.1) is 28.6 Å². The SMILES string of the molecule is C[C@]12CCC(=O)C=C1CC[C@@H]1[C@@H]2[C@H](O)C[C@@]2(C)[C@H]1CC[C@]2(OC(=O)O)C(=O)COC(=O)CS(=O)(=O)CCCCCCO. The van der Waals surface area contributed by atoms with E-state index in [1.54, 1.807) is 13.0 Å². The summed E-state index contributed by atoms with van der Waals surface area (Å²) in [5.74, 6) is -3.20. The van der Waals surface area contributed by atoms with E-state index in [1.807, 2.05) is 0 Å². The lowest BCUT2D eigenvalue weighted by Crippen LogP contribution is -2.63. The van der Waals surface area contributed by atoms with Gasteiger partial charge in [-0.15, -0.1) is 0 Å². The molecule has 0 heterocycles. The molecule has 0 unspecified atom stereocenters. The van der Waals surface area contributed by atoms with Gasteiger partial charge in [-0.1, -0.05) is 32.3 Å². The Balaban J connectivity index is 1.49. The standard InChI is InChI=1S/C30H44O11S/c1-28-11-9-20(32)15-19(28)7-8-21-22-10-12-30(41-27(36)37,29(22,2)16-23(33)26(21)28)24(34)17-40-25(35)18-42(38,39)14-6-4-3-5-13-31/h15,21-23,26,31,33H,3-14,16-18H2,1-2H3,(H,36,37)/t21-,22-,23+,26+,28-,29-,30-/m0/s1. The molecule has 236 valence electrons. The summed E-state index contributed by atoms with van der Waals surface area (Å²) in [4.78, 5) is 50.2. The molecule has 42 heavy (non-hydrogen) atoms. The van der Waals surface area contributed by atoms with Gasteiger partial charge in [0.05, 0.1) is 11.9 Å². The summed E-state index contributed by atoms with van der Waals surface area (Å²) in [5, 5.41) is 30.1. The molecule has 0 spiro atoms. The summed E-state index contributed by atoms with van der Waals surface area (Å²) in [6.07, 6.45) is 4.45. The molecule has 4 rings (SSSR count). The van der Waals surface area contributed by atoms with Gasteiger partial charge >= 0.3 is 12.1 Å². The van der Waals surface area contributed by atoms with Crippen LogP contribution in [0.15, 0.2) is 11.6 Å². The topological polar surface area (TPSA) is 182 Å². The van der Waals surface area contributed by atoms with E-state index in [-0.39, 0.29) is 54.2 Å². The van der Waals surface area contributed by atoms with E-state index >= 15 is 0 Å². The second-order valence-electron chi connectivity index (χ2n) is 13.1. The lowest BCUT2D eigenvalue weighted by molar-refractivity contribution is -0.187. The number of carboxylic acid groups (broad SMARTS) is 1. The molecule has 0 aromatic heterocycles. The Morgan fingerprint density at radius 1 is 1.05 bits per heavy atom. The van der Waals surface area contributed by atoms with Crippen LogP contribution >= 0.6 is 0 Å². The minimum Gasteiger partial charge on any atom is -0.457 e. The van der Waals surface area contributed by atoms with Crippen LogP contribution in [-0.4, -0.2) is 83.9 Å². The van der Waals surface area contributed by atoms with Gasteiger partial charge in [-0.05, 0) is 80.6 Å². The number of ether oxygens (including phenoxy) is 2. The highest BCUT2D eigenvalue weighted by Crippen LogP contribution is 2.68. The molecule has 3 N–H and O–H groups in total. The van der Waals surface area contributed by atoms with E-state index in [2.05, 4.69) is 6.92 Å². The number of esters is 1. The minimum absolute atomic E-state index is 0.0220. The average molecular weight is 613 g/mol. The second kappa shape index (κ2) is 12.4. The molecule has 0 aromatic carbocycles. The quantitative estimate of drug-likeness (QED) is 0.218. The van der Waals surface area contributed by atoms with Gasteiger partial charge in [0, 0.05) is 18.4 Å². The van der Waals surface area contributed by atoms with Gasteiger partial charge in [-0.25, -0.2) is 13.2 Å². The molecule has 4 aliphatic carbocycles. The molecule has 7 atom stereocenters. The third kappa shape index (κ3) is 6.04. The molecule has 0 aliphatic heterocycles. The largest absolute Gasteiger partial charge is 0.506 e. The molecule has 0 amide bonds. The van der Waals surface area contributed by atoms with E-state index in [0.29, 0.717) is 57.8 Å². The summed E-state index contributed by atoms with van der Waals surface area (Å²) in [5.41, 5.74) is -2.24. The normalized spacial score (nSPS) is 35.8. The Morgan fingerprint density at radius 3 is 2.45 bits per heavy atom. The van der Waals surface area contributed by atoms with Crippen LogP contribution in [-0.2, 0) is 33.7 Å². The first-order valence-corrected chi connectivity index (χ1v) is 16.9. The van der Waals surface area contributed by atoms with Crippen molar-refractivity contribution in [1.29, 1.82) is 0 Å². The highest BCUT2D eigenvalue weighted by Gasteiger charge is 2.70. The Bertz CT molecular complexity index is 1230. The first-order valence-electron chi connectivity index (χ1n) is 15.0. The van der Waals surface area contributed by atoms with Crippen molar-refractivity contribution in [3.63, 3.8) is 0 Å². The third-order valence-electron chi connectivity index (χ3n) is 10.8. The first kappa shape index (κ1) is 32.6. The average Bonchev–Trinajstić information content (AvgIpc) is 3.18. The smallest absolute Gasteiger partial charge is 0.457 e. The maximum atomic E-state index is 13.7. The summed E-state index contributed by atoms with van der Waals surface area (Å²) >= 11 is 0. The number of ketones is 2. The summed E-state index contributed by atoms with van der Waals surface area (Å²) in [6.45, 7) is 3.06. The van der Waals surface area contributed by atoms with Crippen molar-refractivity contribution in [2.75, 3.05) is 24.7 Å². The number of sulfone groups is 1. The molecule has 12 heteroatoms. The molecular weight excluding hydrogens is 568 g/mol. The van der Waals surface area contributed by atoms with Crippen molar-refractivity contribution < 1.29 is 52.4 Å². The zero-order chi connectivity index (χ0) is 30.9. The number of rotatable bonds is 12. The number of fused-ring (bicyclic) bond motifs is 5. The molecule has 11 nitrogen and oxygen atoms in total. The Morgan fingerprint density at radius 2 is 1.76 bits per heavy atom. The Labute approximate surface area is 246 Å². The molecule has 0 radical (unpaired) electrons. The zero-order valence-electron chi connectivity index (χ0n) is 24.5. The van der Waals surface area contributed by atoms with Crippen molar-refractivity contribution in [2.24, 2.45) is 28.6 Å². The molecule has 4 aliphatic rings.